The Balaban J connectivity index is 2.22. The van der Waals surface area contributed by atoms with E-state index >= 15 is 0 Å². The maximum atomic E-state index is 12.4. The molecule has 1 aromatic heterocycles. The van der Waals surface area contributed by atoms with Crippen LogP contribution in [0, 0.1) is 0 Å². The Morgan fingerprint density at radius 3 is 2.63 bits per heavy atom. The monoisotopic (exact) mass is 283 g/mol. The van der Waals surface area contributed by atoms with Gasteiger partial charge in [0, 0.05) is 22.9 Å². The molecule has 102 valence electrons. The van der Waals surface area contributed by atoms with Crippen LogP contribution in [-0.2, 0) is 6.42 Å². The lowest BCUT2D eigenvalue weighted by Gasteiger charge is -2.19. The van der Waals surface area contributed by atoms with Gasteiger partial charge in [-0.3, -0.25) is 0 Å². The molecule has 0 aliphatic carbocycles. The third kappa shape index (κ3) is 3.75. The van der Waals surface area contributed by atoms with Crippen molar-refractivity contribution in [3.63, 3.8) is 0 Å². The summed E-state index contributed by atoms with van der Waals surface area (Å²) < 4.78 is 29.4. The molecular weight excluding hydrogens is 268 g/mol. The van der Waals surface area contributed by atoms with Gasteiger partial charge < -0.3 is 10.1 Å². The Morgan fingerprint density at radius 2 is 2.00 bits per heavy atom. The predicted octanol–water partition coefficient (Wildman–Crippen LogP) is 3.85. The van der Waals surface area contributed by atoms with E-state index in [0.717, 1.165) is 12.0 Å². The molecule has 0 spiro atoms. The van der Waals surface area contributed by atoms with E-state index in [-0.39, 0.29) is 11.8 Å². The maximum absolute atomic E-state index is 12.4. The molecule has 5 heteroatoms. The topological polar surface area (TPSA) is 21.3 Å². The van der Waals surface area contributed by atoms with Crippen molar-refractivity contribution in [1.29, 1.82) is 0 Å². The van der Waals surface area contributed by atoms with Crippen LogP contribution in [0.1, 0.15) is 16.5 Å². The molecule has 2 aromatic rings. The first kappa shape index (κ1) is 14.0. The minimum absolute atomic E-state index is 0.0476. The van der Waals surface area contributed by atoms with Gasteiger partial charge in [0.25, 0.3) is 0 Å². The lowest BCUT2D eigenvalue weighted by atomic mass is 10.0. The number of alkyl halides is 2. The summed E-state index contributed by atoms with van der Waals surface area (Å²) in [7, 11) is 1.82. The molecule has 2 rings (SSSR count). The summed E-state index contributed by atoms with van der Waals surface area (Å²) in [6, 6.07) is 10.9. The van der Waals surface area contributed by atoms with E-state index in [4.69, 9.17) is 0 Å². The molecule has 0 aliphatic rings. The highest BCUT2D eigenvalue weighted by molar-refractivity contribution is 7.09. The SMILES string of the molecule is CNC(Cc1cccs1)c1ccccc1OC(F)F. The number of hydrogen-bond acceptors (Lipinski definition) is 3. The number of benzene rings is 1. The van der Waals surface area contributed by atoms with Crippen molar-refractivity contribution in [2.24, 2.45) is 0 Å². The fourth-order valence-corrected chi connectivity index (χ4v) is 2.72. The predicted molar refractivity (Wildman–Crippen MR) is 72.9 cm³/mol. The molecule has 19 heavy (non-hydrogen) atoms. The quantitative estimate of drug-likeness (QED) is 0.869. The first-order valence-corrected chi connectivity index (χ1v) is 6.82. The minimum Gasteiger partial charge on any atom is -0.434 e. The summed E-state index contributed by atoms with van der Waals surface area (Å²) in [6.07, 6.45) is 0.748. The van der Waals surface area contributed by atoms with E-state index in [1.165, 1.54) is 4.88 Å². The third-order valence-electron chi connectivity index (χ3n) is 2.84. The molecule has 1 unspecified atom stereocenters. The lowest BCUT2D eigenvalue weighted by molar-refractivity contribution is -0.0507. The zero-order valence-electron chi connectivity index (χ0n) is 10.5. The first-order chi connectivity index (χ1) is 9.20. The normalized spacial score (nSPS) is 12.6. The second kappa shape index (κ2) is 6.63. The van der Waals surface area contributed by atoms with E-state index in [1.807, 2.05) is 36.7 Å². The number of ether oxygens (including phenoxy) is 1. The highest BCUT2D eigenvalue weighted by Crippen LogP contribution is 2.29. The molecule has 0 saturated heterocycles. The zero-order chi connectivity index (χ0) is 13.7. The fourth-order valence-electron chi connectivity index (χ4n) is 1.97. The number of para-hydroxylation sites is 1. The molecule has 1 heterocycles. The molecular formula is C14H15F2NOS. The molecule has 0 radical (unpaired) electrons. The smallest absolute Gasteiger partial charge is 0.387 e. The summed E-state index contributed by atoms with van der Waals surface area (Å²) in [5, 5.41) is 5.16. The van der Waals surface area contributed by atoms with Gasteiger partial charge in [-0.1, -0.05) is 24.3 Å². The van der Waals surface area contributed by atoms with Crippen molar-refractivity contribution >= 4 is 11.3 Å². The van der Waals surface area contributed by atoms with Crippen LogP contribution in [0.15, 0.2) is 41.8 Å². The van der Waals surface area contributed by atoms with Crippen LogP contribution in [0.4, 0.5) is 8.78 Å². The van der Waals surface area contributed by atoms with Crippen molar-refractivity contribution in [2.75, 3.05) is 7.05 Å². The second-order valence-corrected chi connectivity index (χ2v) is 5.07. The second-order valence-electron chi connectivity index (χ2n) is 4.04. The number of nitrogens with one attached hydrogen (secondary N) is 1. The summed E-state index contributed by atoms with van der Waals surface area (Å²) in [5.41, 5.74) is 0.749. The van der Waals surface area contributed by atoms with Gasteiger partial charge in [0.2, 0.25) is 0 Å². The van der Waals surface area contributed by atoms with Gasteiger partial charge in [-0.2, -0.15) is 8.78 Å². The Bertz CT molecular complexity index is 502. The van der Waals surface area contributed by atoms with E-state index < -0.39 is 6.61 Å². The molecule has 0 saturated carbocycles. The summed E-state index contributed by atoms with van der Waals surface area (Å²) in [5.74, 6) is 0.230. The average molecular weight is 283 g/mol. The Hall–Kier alpha value is -1.46. The van der Waals surface area contributed by atoms with Crippen LogP contribution in [0.3, 0.4) is 0 Å². The Morgan fingerprint density at radius 1 is 1.21 bits per heavy atom. The standard InChI is InChI=1S/C14H15F2NOS/c1-17-12(9-10-5-4-8-19-10)11-6-2-3-7-13(11)18-14(15)16/h2-8,12,14,17H,9H2,1H3. The van der Waals surface area contributed by atoms with Gasteiger partial charge in [0.15, 0.2) is 0 Å². The third-order valence-corrected chi connectivity index (χ3v) is 3.74. The van der Waals surface area contributed by atoms with Crippen molar-refractivity contribution < 1.29 is 13.5 Å². The van der Waals surface area contributed by atoms with Crippen LogP contribution < -0.4 is 10.1 Å². The summed E-state index contributed by atoms with van der Waals surface area (Å²) >= 11 is 1.65. The molecule has 2 nitrogen and oxygen atoms in total. The fraction of sp³-hybridized carbons (Fsp3) is 0.286. The van der Waals surface area contributed by atoms with E-state index in [2.05, 4.69) is 10.1 Å². The van der Waals surface area contributed by atoms with E-state index in [1.54, 1.807) is 23.5 Å². The van der Waals surface area contributed by atoms with Crippen LogP contribution in [0.2, 0.25) is 0 Å². The molecule has 0 bridgehead atoms. The van der Waals surface area contributed by atoms with Gasteiger partial charge in [-0.25, -0.2) is 0 Å². The molecule has 1 N–H and O–H groups in total. The maximum Gasteiger partial charge on any atom is 0.387 e. The highest BCUT2D eigenvalue weighted by atomic mass is 32.1. The van der Waals surface area contributed by atoms with Gasteiger partial charge >= 0.3 is 6.61 Å². The van der Waals surface area contributed by atoms with Gasteiger partial charge in [-0.05, 0) is 24.6 Å². The van der Waals surface area contributed by atoms with E-state index in [9.17, 15) is 8.78 Å². The van der Waals surface area contributed by atoms with Gasteiger partial charge in [-0.15, -0.1) is 11.3 Å². The van der Waals surface area contributed by atoms with E-state index in [0.29, 0.717) is 0 Å². The minimum atomic E-state index is -2.81. The van der Waals surface area contributed by atoms with Gasteiger partial charge in [0.05, 0.1) is 0 Å². The highest BCUT2D eigenvalue weighted by Gasteiger charge is 2.17. The molecule has 0 fully saturated rings. The number of likely N-dealkylation sites (N-methyl/N-ethyl adjacent to an activating group) is 1. The van der Waals surface area contributed by atoms with Crippen LogP contribution in [0.25, 0.3) is 0 Å². The Kier molecular flexibility index (Phi) is 4.87. The molecule has 0 amide bonds. The molecule has 1 aromatic carbocycles. The molecule has 1 atom stereocenters. The summed E-state index contributed by atoms with van der Waals surface area (Å²) in [6.45, 7) is -2.81. The number of halogens is 2. The van der Waals surface area contributed by atoms with Crippen molar-refractivity contribution in [2.45, 2.75) is 19.1 Å². The summed E-state index contributed by atoms with van der Waals surface area (Å²) in [4.78, 5) is 1.20. The van der Waals surface area contributed by atoms with Crippen molar-refractivity contribution in [3.8, 4) is 5.75 Å². The average Bonchev–Trinajstić information content (AvgIpc) is 2.89. The zero-order valence-corrected chi connectivity index (χ0v) is 11.3. The van der Waals surface area contributed by atoms with Gasteiger partial charge in [0.1, 0.15) is 5.75 Å². The Labute approximate surface area is 115 Å². The van der Waals surface area contributed by atoms with Crippen molar-refractivity contribution in [3.05, 3.63) is 52.2 Å². The largest absolute Gasteiger partial charge is 0.434 e. The lowest BCUT2D eigenvalue weighted by Crippen LogP contribution is -2.20. The van der Waals surface area contributed by atoms with Crippen molar-refractivity contribution in [1.82, 2.24) is 5.32 Å². The molecule has 0 aliphatic heterocycles. The number of hydrogen-bond donors (Lipinski definition) is 1. The van der Waals surface area contributed by atoms with Crippen LogP contribution in [-0.4, -0.2) is 13.7 Å². The number of thiophene rings is 1. The van der Waals surface area contributed by atoms with Crippen LogP contribution >= 0.6 is 11.3 Å². The first-order valence-electron chi connectivity index (χ1n) is 5.94. The van der Waals surface area contributed by atoms with Crippen LogP contribution in [0.5, 0.6) is 5.75 Å². The number of rotatable bonds is 6.